The van der Waals surface area contributed by atoms with E-state index in [1.807, 2.05) is 0 Å². The largest absolute Gasteiger partial charge is 0.451 e. The van der Waals surface area contributed by atoms with Crippen molar-refractivity contribution in [3.63, 3.8) is 0 Å². The average molecular weight is 313 g/mol. The number of hydrogen-bond acceptors (Lipinski definition) is 2. The maximum absolute atomic E-state index is 13.8. The summed E-state index contributed by atoms with van der Waals surface area (Å²) in [4.78, 5) is 12.1. The molecular weight excluding hydrogens is 300 g/mol. The van der Waals surface area contributed by atoms with E-state index in [1.165, 1.54) is 30.3 Å². The molecule has 3 rings (SSSR count). The molecule has 0 fully saturated rings. The molecule has 2 aromatic carbocycles. The van der Waals surface area contributed by atoms with Crippen LogP contribution in [0.25, 0.3) is 11.3 Å². The number of halogens is 2. The summed E-state index contributed by atoms with van der Waals surface area (Å²) in [6.07, 6.45) is 0. The molecule has 5 heteroatoms. The molecule has 1 aromatic heterocycles. The highest BCUT2D eigenvalue weighted by molar-refractivity contribution is 6.02. The topological polar surface area (TPSA) is 42.2 Å². The summed E-state index contributed by atoms with van der Waals surface area (Å²) in [5, 5.41) is 2.43. The lowest BCUT2D eigenvalue weighted by Gasteiger charge is -2.05. The molecule has 116 valence electrons. The molecule has 0 spiro atoms. The van der Waals surface area contributed by atoms with Crippen LogP contribution in [0.5, 0.6) is 0 Å². The summed E-state index contributed by atoms with van der Waals surface area (Å²) in [5.41, 5.74) is 1.07. The second kappa shape index (κ2) is 6.04. The number of anilines is 1. The molecule has 1 N–H and O–H groups in total. The van der Waals surface area contributed by atoms with Crippen LogP contribution >= 0.6 is 0 Å². The summed E-state index contributed by atoms with van der Waals surface area (Å²) >= 11 is 0. The molecule has 3 aromatic rings. The van der Waals surface area contributed by atoms with Crippen LogP contribution < -0.4 is 5.32 Å². The third kappa shape index (κ3) is 3.13. The first-order valence-electron chi connectivity index (χ1n) is 6.97. The molecule has 0 radical (unpaired) electrons. The lowest BCUT2D eigenvalue weighted by molar-refractivity contribution is 0.0997. The van der Waals surface area contributed by atoms with E-state index >= 15 is 0 Å². The number of nitrogens with one attached hydrogen (secondary N) is 1. The van der Waals surface area contributed by atoms with Crippen LogP contribution in [0.15, 0.2) is 59.0 Å². The van der Waals surface area contributed by atoms with Crippen LogP contribution in [-0.2, 0) is 0 Å². The molecule has 3 nitrogen and oxygen atoms in total. The summed E-state index contributed by atoms with van der Waals surface area (Å²) in [5.74, 6) is -1.37. The molecule has 1 amide bonds. The molecule has 0 bridgehead atoms. The Morgan fingerprint density at radius 2 is 1.78 bits per heavy atom. The summed E-state index contributed by atoms with van der Waals surface area (Å²) < 4.78 is 32.8. The lowest BCUT2D eigenvalue weighted by Crippen LogP contribution is -2.12. The Hall–Kier alpha value is -2.95. The van der Waals surface area contributed by atoms with Gasteiger partial charge in [-0.25, -0.2) is 8.78 Å². The fraction of sp³-hybridized carbons (Fsp3) is 0.0556. The minimum Gasteiger partial charge on any atom is -0.451 e. The predicted octanol–water partition coefficient (Wildman–Crippen LogP) is 4.79. The smallest absolute Gasteiger partial charge is 0.291 e. The van der Waals surface area contributed by atoms with E-state index in [9.17, 15) is 13.6 Å². The van der Waals surface area contributed by atoms with E-state index in [2.05, 4.69) is 5.32 Å². The number of aryl methyl sites for hydroxylation is 1. The first-order valence-corrected chi connectivity index (χ1v) is 6.97. The van der Waals surface area contributed by atoms with E-state index in [1.54, 1.807) is 31.2 Å². The second-order valence-corrected chi connectivity index (χ2v) is 5.08. The van der Waals surface area contributed by atoms with Gasteiger partial charge in [0.1, 0.15) is 17.4 Å². The molecular formula is C18H13F2NO2. The van der Waals surface area contributed by atoms with Gasteiger partial charge in [0.05, 0.1) is 11.3 Å². The van der Waals surface area contributed by atoms with Gasteiger partial charge in [-0.15, -0.1) is 0 Å². The van der Waals surface area contributed by atoms with E-state index in [0.29, 0.717) is 0 Å². The Balaban J connectivity index is 1.83. The highest BCUT2D eigenvalue weighted by Gasteiger charge is 2.15. The van der Waals surface area contributed by atoms with Crippen molar-refractivity contribution < 1.29 is 18.0 Å². The molecule has 0 unspecified atom stereocenters. The minimum absolute atomic E-state index is 0.0248. The molecule has 0 aliphatic rings. The lowest BCUT2D eigenvalue weighted by atomic mass is 10.1. The van der Waals surface area contributed by atoms with Gasteiger partial charge in [-0.05, 0) is 48.9 Å². The number of rotatable bonds is 3. The zero-order chi connectivity index (χ0) is 16.4. The number of benzene rings is 2. The van der Waals surface area contributed by atoms with Gasteiger partial charge < -0.3 is 9.73 Å². The predicted molar refractivity (Wildman–Crippen MR) is 83.2 cm³/mol. The highest BCUT2D eigenvalue weighted by atomic mass is 19.1. The monoisotopic (exact) mass is 313 g/mol. The van der Waals surface area contributed by atoms with Gasteiger partial charge in [0.15, 0.2) is 5.76 Å². The highest BCUT2D eigenvalue weighted by Crippen LogP contribution is 2.25. The number of amides is 1. The third-order valence-electron chi connectivity index (χ3n) is 3.34. The Bertz CT molecular complexity index is 871. The van der Waals surface area contributed by atoms with Crippen LogP contribution in [0, 0.1) is 18.6 Å². The van der Waals surface area contributed by atoms with Gasteiger partial charge in [-0.3, -0.25) is 4.79 Å². The Morgan fingerprint density at radius 1 is 1.00 bits per heavy atom. The number of carbonyl (C=O) groups excluding carboxylic acids is 1. The van der Waals surface area contributed by atoms with E-state index in [-0.39, 0.29) is 22.8 Å². The van der Waals surface area contributed by atoms with Crippen LogP contribution in [0.3, 0.4) is 0 Å². The van der Waals surface area contributed by atoms with Gasteiger partial charge >= 0.3 is 0 Å². The van der Waals surface area contributed by atoms with Crippen molar-refractivity contribution in [3.8, 4) is 11.3 Å². The third-order valence-corrected chi connectivity index (χ3v) is 3.34. The van der Waals surface area contributed by atoms with Gasteiger partial charge in [-0.1, -0.05) is 18.2 Å². The summed E-state index contributed by atoms with van der Waals surface area (Å²) in [6, 6.07) is 13.5. The number of furan rings is 1. The van der Waals surface area contributed by atoms with Crippen LogP contribution in [0.1, 0.15) is 16.1 Å². The molecule has 1 heterocycles. The zero-order valence-electron chi connectivity index (χ0n) is 12.3. The van der Waals surface area contributed by atoms with E-state index in [0.717, 1.165) is 5.56 Å². The summed E-state index contributed by atoms with van der Waals surface area (Å²) in [6.45, 7) is 1.75. The van der Waals surface area contributed by atoms with Crippen LogP contribution in [0.4, 0.5) is 14.5 Å². The van der Waals surface area contributed by atoms with Crippen LogP contribution in [0.2, 0.25) is 0 Å². The van der Waals surface area contributed by atoms with Crippen molar-refractivity contribution in [2.24, 2.45) is 0 Å². The molecule has 0 atom stereocenters. The normalized spacial score (nSPS) is 10.6. The Morgan fingerprint density at radius 3 is 2.52 bits per heavy atom. The van der Waals surface area contributed by atoms with Crippen LogP contribution in [-0.4, -0.2) is 5.91 Å². The standard InChI is InChI=1S/C18H13F2NO2/c1-11-6-7-15(14(20)10-11)21-18(22)17-9-8-16(23-17)12-4-2-3-5-13(12)19/h2-10H,1H3,(H,21,22). The molecule has 0 aliphatic carbocycles. The first-order chi connectivity index (χ1) is 11.0. The van der Waals surface area contributed by atoms with Gasteiger partial charge in [-0.2, -0.15) is 0 Å². The van der Waals surface area contributed by atoms with Crippen molar-refractivity contribution in [3.05, 3.63) is 77.6 Å². The van der Waals surface area contributed by atoms with E-state index < -0.39 is 17.5 Å². The van der Waals surface area contributed by atoms with E-state index in [4.69, 9.17) is 4.42 Å². The minimum atomic E-state index is -0.602. The van der Waals surface area contributed by atoms with Crippen molar-refractivity contribution >= 4 is 11.6 Å². The summed E-state index contributed by atoms with van der Waals surface area (Å²) in [7, 11) is 0. The van der Waals surface area contributed by atoms with Crippen molar-refractivity contribution in [1.82, 2.24) is 0 Å². The number of hydrogen-bond donors (Lipinski definition) is 1. The van der Waals surface area contributed by atoms with Gasteiger partial charge in [0.2, 0.25) is 0 Å². The van der Waals surface area contributed by atoms with Gasteiger partial charge in [0, 0.05) is 0 Å². The first kappa shape index (κ1) is 15.0. The maximum Gasteiger partial charge on any atom is 0.291 e. The quantitative estimate of drug-likeness (QED) is 0.755. The molecule has 0 saturated heterocycles. The van der Waals surface area contributed by atoms with Crippen molar-refractivity contribution in [1.29, 1.82) is 0 Å². The fourth-order valence-corrected chi connectivity index (χ4v) is 2.17. The second-order valence-electron chi connectivity index (χ2n) is 5.08. The molecule has 0 saturated carbocycles. The number of carbonyl (C=O) groups is 1. The van der Waals surface area contributed by atoms with Crippen molar-refractivity contribution in [2.45, 2.75) is 6.92 Å². The SMILES string of the molecule is Cc1ccc(NC(=O)c2ccc(-c3ccccc3F)o2)c(F)c1. The van der Waals surface area contributed by atoms with Crippen molar-refractivity contribution in [2.75, 3.05) is 5.32 Å². The molecule has 0 aliphatic heterocycles. The Kier molecular flexibility index (Phi) is 3.93. The maximum atomic E-state index is 13.8. The average Bonchev–Trinajstić information content (AvgIpc) is 3.00. The zero-order valence-corrected chi connectivity index (χ0v) is 12.3. The molecule has 23 heavy (non-hydrogen) atoms. The fourth-order valence-electron chi connectivity index (χ4n) is 2.17. The Labute approximate surface area is 131 Å². The van der Waals surface area contributed by atoms with Gasteiger partial charge in [0.25, 0.3) is 5.91 Å².